The van der Waals surface area contributed by atoms with Crippen LogP contribution in [0.5, 0.6) is 0 Å². The van der Waals surface area contributed by atoms with Gasteiger partial charge in [-0.3, -0.25) is 4.79 Å². The molecule has 0 spiro atoms. The van der Waals surface area contributed by atoms with Gasteiger partial charge in [0, 0.05) is 18.5 Å². The molecule has 8 heteroatoms. The molecule has 1 aromatic carbocycles. The third kappa shape index (κ3) is 5.15. The lowest BCUT2D eigenvalue weighted by molar-refractivity contribution is -0.113. The Bertz CT molecular complexity index is 775. The minimum Gasteiger partial charge on any atom is -0.324 e. The summed E-state index contributed by atoms with van der Waals surface area (Å²) in [6.45, 7) is 0. The smallest absolute Gasteiger partial charge is 0.234 e. The van der Waals surface area contributed by atoms with Crippen molar-refractivity contribution in [2.45, 2.75) is 43.7 Å². The Morgan fingerprint density at radius 1 is 1.27 bits per heavy atom. The Labute approximate surface area is 167 Å². The van der Waals surface area contributed by atoms with Crippen molar-refractivity contribution in [2.75, 3.05) is 11.1 Å². The van der Waals surface area contributed by atoms with Gasteiger partial charge in [-0.15, -0.1) is 10.2 Å². The van der Waals surface area contributed by atoms with Crippen molar-refractivity contribution in [3.8, 4) is 0 Å². The number of carbonyl (C=O) groups is 1. The first-order valence-electron chi connectivity index (χ1n) is 8.79. The van der Waals surface area contributed by atoms with Crippen LogP contribution in [0.2, 0.25) is 10.0 Å². The van der Waals surface area contributed by atoms with E-state index >= 15 is 0 Å². The van der Waals surface area contributed by atoms with Crippen LogP contribution in [0.3, 0.4) is 0 Å². The summed E-state index contributed by atoms with van der Waals surface area (Å²) in [5, 5.41) is 13.1. The first-order valence-corrected chi connectivity index (χ1v) is 10.5. The molecule has 1 heterocycles. The van der Waals surface area contributed by atoms with Gasteiger partial charge in [0.05, 0.1) is 16.5 Å². The molecule has 0 unspecified atom stereocenters. The second kappa shape index (κ2) is 9.11. The van der Waals surface area contributed by atoms with Crippen molar-refractivity contribution in [3.05, 3.63) is 34.1 Å². The number of nitrogens with one attached hydrogen (secondary N) is 1. The van der Waals surface area contributed by atoms with E-state index in [2.05, 4.69) is 15.5 Å². The molecule has 0 aliphatic heterocycles. The number of nitrogens with zero attached hydrogens (tertiary/aromatic N) is 3. The van der Waals surface area contributed by atoms with Crippen molar-refractivity contribution < 1.29 is 4.79 Å². The number of thioether (sulfide) groups is 1. The largest absolute Gasteiger partial charge is 0.324 e. The molecule has 0 radical (unpaired) electrons. The summed E-state index contributed by atoms with van der Waals surface area (Å²) in [7, 11) is 1.96. The number of rotatable bonds is 6. The summed E-state index contributed by atoms with van der Waals surface area (Å²) in [5.41, 5.74) is 0.515. The van der Waals surface area contributed by atoms with E-state index in [0.717, 1.165) is 17.4 Å². The molecule has 2 aromatic rings. The second-order valence-corrected chi connectivity index (χ2v) is 8.41. The Balaban J connectivity index is 1.54. The van der Waals surface area contributed by atoms with Crippen molar-refractivity contribution in [1.82, 2.24) is 14.8 Å². The standard InChI is InChI=1S/C18H22Cl2N4OS/c1-24-16(9-12-5-3-2-4-6-12)22-23-18(24)26-11-17(25)21-15-10-13(19)7-8-14(15)20/h7-8,10,12H,2-6,9,11H2,1H3,(H,21,25). The third-order valence-corrected chi connectivity index (χ3v) is 6.24. The molecule has 1 fully saturated rings. The van der Waals surface area contributed by atoms with Crippen molar-refractivity contribution in [2.24, 2.45) is 13.0 Å². The third-order valence-electron chi connectivity index (χ3n) is 4.66. The fraction of sp³-hybridized carbons (Fsp3) is 0.500. The highest BCUT2D eigenvalue weighted by Gasteiger charge is 2.18. The van der Waals surface area contributed by atoms with Gasteiger partial charge in [-0.05, 0) is 24.1 Å². The Kier molecular flexibility index (Phi) is 6.84. The zero-order valence-corrected chi connectivity index (χ0v) is 17.0. The number of benzene rings is 1. The maximum absolute atomic E-state index is 12.2. The molecule has 140 valence electrons. The lowest BCUT2D eigenvalue weighted by atomic mass is 9.87. The summed E-state index contributed by atoms with van der Waals surface area (Å²) in [5.74, 6) is 1.78. The number of carbonyl (C=O) groups excluding carboxylic acids is 1. The van der Waals surface area contributed by atoms with Crippen LogP contribution < -0.4 is 5.32 Å². The maximum atomic E-state index is 12.2. The van der Waals surface area contributed by atoms with E-state index in [0.29, 0.717) is 21.7 Å². The van der Waals surface area contributed by atoms with Crippen LogP contribution in [0.15, 0.2) is 23.4 Å². The first-order chi connectivity index (χ1) is 12.5. The van der Waals surface area contributed by atoms with Crippen LogP contribution in [0.4, 0.5) is 5.69 Å². The molecule has 0 bridgehead atoms. The minimum absolute atomic E-state index is 0.156. The highest BCUT2D eigenvalue weighted by atomic mass is 35.5. The summed E-state index contributed by atoms with van der Waals surface area (Å²) in [4.78, 5) is 12.2. The molecule has 1 aliphatic rings. The van der Waals surface area contributed by atoms with Crippen LogP contribution in [0.1, 0.15) is 37.9 Å². The molecular weight excluding hydrogens is 391 g/mol. The van der Waals surface area contributed by atoms with Crippen molar-refractivity contribution >= 4 is 46.6 Å². The molecule has 1 saturated carbocycles. The number of aromatic nitrogens is 3. The lowest BCUT2D eigenvalue weighted by Gasteiger charge is -2.20. The van der Waals surface area contributed by atoms with Gasteiger partial charge in [-0.25, -0.2) is 0 Å². The number of halogens is 2. The van der Waals surface area contributed by atoms with E-state index < -0.39 is 0 Å². The monoisotopic (exact) mass is 412 g/mol. The molecule has 1 amide bonds. The molecule has 1 aromatic heterocycles. The summed E-state index contributed by atoms with van der Waals surface area (Å²) in [6.07, 6.45) is 7.50. The molecule has 0 saturated heterocycles. The normalized spacial score (nSPS) is 15.2. The molecule has 3 rings (SSSR count). The number of hydrogen-bond donors (Lipinski definition) is 1. The van der Waals surface area contributed by atoms with E-state index in [1.165, 1.54) is 43.9 Å². The van der Waals surface area contributed by atoms with Gasteiger partial charge >= 0.3 is 0 Å². The number of hydrogen-bond acceptors (Lipinski definition) is 4. The van der Waals surface area contributed by atoms with E-state index in [9.17, 15) is 4.79 Å². The number of anilines is 1. The van der Waals surface area contributed by atoms with Crippen LogP contribution in [0.25, 0.3) is 0 Å². The van der Waals surface area contributed by atoms with E-state index in [1.54, 1.807) is 18.2 Å². The van der Waals surface area contributed by atoms with Gasteiger partial charge in [0.25, 0.3) is 0 Å². The van der Waals surface area contributed by atoms with Gasteiger partial charge in [0.2, 0.25) is 5.91 Å². The predicted octanol–water partition coefficient (Wildman–Crippen LogP) is 4.98. The average molecular weight is 413 g/mol. The van der Waals surface area contributed by atoms with Gasteiger partial charge in [0.15, 0.2) is 5.16 Å². The zero-order chi connectivity index (χ0) is 18.5. The quantitative estimate of drug-likeness (QED) is 0.679. The Morgan fingerprint density at radius 3 is 2.81 bits per heavy atom. The van der Waals surface area contributed by atoms with Crippen molar-refractivity contribution in [3.63, 3.8) is 0 Å². The zero-order valence-electron chi connectivity index (χ0n) is 14.7. The molecule has 0 atom stereocenters. The van der Waals surface area contributed by atoms with E-state index in [1.807, 2.05) is 11.6 Å². The summed E-state index contributed by atoms with van der Waals surface area (Å²) in [6, 6.07) is 4.98. The maximum Gasteiger partial charge on any atom is 0.234 e. The second-order valence-electron chi connectivity index (χ2n) is 6.63. The lowest BCUT2D eigenvalue weighted by Crippen LogP contribution is -2.15. The topological polar surface area (TPSA) is 59.8 Å². The SMILES string of the molecule is Cn1c(CC2CCCCC2)nnc1SCC(=O)Nc1cc(Cl)ccc1Cl. The Hall–Kier alpha value is -1.24. The van der Waals surface area contributed by atoms with Gasteiger partial charge in [0.1, 0.15) is 5.82 Å². The first kappa shape index (κ1) is 19.5. The molecule has 1 aliphatic carbocycles. The predicted molar refractivity (Wildman–Crippen MR) is 107 cm³/mol. The highest BCUT2D eigenvalue weighted by molar-refractivity contribution is 7.99. The summed E-state index contributed by atoms with van der Waals surface area (Å²) < 4.78 is 2.00. The summed E-state index contributed by atoms with van der Waals surface area (Å²) >= 11 is 13.4. The van der Waals surface area contributed by atoms with E-state index in [-0.39, 0.29) is 11.7 Å². The van der Waals surface area contributed by atoms with Crippen LogP contribution in [0, 0.1) is 5.92 Å². The van der Waals surface area contributed by atoms with Crippen LogP contribution in [-0.4, -0.2) is 26.4 Å². The van der Waals surface area contributed by atoms with Gasteiger partial charge in [-0.1, -0.05) is 67.1 Å². The van der Waals surface area contributed by atoms with Gasteiger partial charge in [-0.2, -0.15) is 0 Å². The van der Waals surface area contributed by atoms with Crippen LogP contribution in [-0.2, 0) is 18.3 Å². The average Bonchev–Trinajstić information content (AvgIpc) is 2.97. The minimum atomic E-state index is -0.156. The fourth-order valence-corrected chi connectivity index (χ4v) is 4.27. The molecule has 26 heavy (non-hydrogen) atoms. The number of amides is 1. The molecule has 1 N–H and O–H groups in total. The fourth-order valence-electron chi connectivity index (χ4n) is 3.21. The van der Waals surface area contributed by atoms with Crippen LogP contribution >= 0.6 is 35.0 Å². The van der Waals surface area contributed by atoms with E-state index in [4.69, 9.17) is 23.2 Å². The molecule has 5 nitrogen and oxygen atoms in total. The van der Waals surface area contributed by atoms with Crippen molar-refractivity contribution in [1.29, 1.82) is 0 Å². The van der Waals surface area contributed by atoms with Gasteiger partial charge < -0.3 is 9.88 Å². The molecular formula is C18H22Cl2N4OS. The highest BCUT2D eigenvalue weighted by Crippen LogP contribution is 2.28. The Morgan fingerprint density at radius 2 is 2.04 bits per heavy atom.